The Bertz CT molecular complexity index is 1800. The van der Waals surface area contributed by atoms with Gasteiger partial charge >= 0.3 is 0 Å². The quantitative estimate of drug-likeness (QED) is 0.196. The highest BCUT2D eigenvalue weighted by molar-refractivity contribution is 7.99. The van der Waals surface area contributed by atoms with E-state index in [1.807, 2.05) is 6.07 Å². The maximum atomic E-state index is 13.6. The number of nitrogens with zero attached hydrogens (tertiary/aromatic N) is 5. The molecule has 2 heterocycles. The summed E-state index contributed by atoms with van der Waals surface area (Å²) in [6, 6.07) is 13.1. The van der Waals surface area contributed by atoms with Crippen LogP contribution in [-0.4, -0.2) is 25.2 Å². The number of nitro benzene ring substituents is 1. The van der Waals surface area contributed by atoms with Gasteiger partial charge in [-0.25, -0.2) is 14.4 Å². The average Bonchev–Trinajstić information content (AvgIpc) is 3.21. The SMILES string of the molecule is CC(C)(C)C(=O)C(C#N)=c1sc(=Cc2ccc(Sc3ncccn3)c([N+](=O)[O-])c2)c(=O)n1-c1ccc(F)cc1. The summed E-state index contributed by atoms with van der Waals surface area (Å²) in [5.74, 6) is -0.981. The molecule has 0 bridgehead atoms. The van der Waals surface area contributed by atoms with Crippen molar-refractivity contribution in [2.75, 3.05) is 0 Å². The third-order valence-corrected chi connectivity index (χ3v) is 7.41. The first-order chi connectivity index (χ1) is 18.5. The van der Waals surface area contributed by atoms with E-state index in [0.717, 1.165) is 23.1 Å². The van der Waals surface area contributed by atoms with E-state index in [-0.39, 0.29) is 26.1 Å². The van der Waals surface area contributed by atoms with Crippen LogP contribution in [0.4, 0.5) is 10.1 Å². The molecule has 0 atom stereocenters. The number of ketones is 1. The highest BCUT2D eigenvalue weighted by atomic mass is 32.2. The lowest BCUT2D eigenvalue weighted by molar-refractivity contribution is -0.387. The molecule has 2 aromatic heterocycles. The molecule has 0 N–H and O–H groups in total. The first-order valence-electron chi connectivity index (χ1n) is 11.4. The molecule has 0 aliphatic heterocycles. The highest BCUT2D eigenvalue weighted by Crippen LogP contribution is 2.33. The smallest absolute Gasteiger partial charge is 0.283 e. The molecule has 2 aromatic carbocycles. The van der Waals surface area contributed by atoms with Crippen LogP contribution in [0.15, 0.2) is 75.8 Å². The van der Waals surface area contributed by atoms with Gasteiger partial charge in [-0.05, 0) is 59.8 Å². The number of hydrogen-bond donors (Lipinski definition) is 0. The fourth-order valence-electron chi connectivity index (χ4n) is 3.49. The second kappa shape index (κ2) is 11.1. The van der Waals surface area contributed by atoms with Gasteiger partial charge in [-0.15, -0.1) is 11.3 Å². The van der Waals surface area contributed by atoms with E-state index >= 15 is 0 Å². The molecule has 0 aliphatic carbocycles. The van der Waals surface area contributed by atoms with Gasteiger partial charge in [0.05, 0.1) is 20.0 Å². The fourth-order valence-corrected chi connectivity index (χ4v) is 5.39. The number of thiazole rings is 1. The van der Waals surface area contributed by atoms with Gasteiger partial charge in [-0.1, -0.05) is 26.8 Å². The first-order valence-corrected chi connectivity index (χ1v) is 13.0. The number of nitro groups is 1. The van der Waals surface area contributed by atoms with Gasteiger partial charge in [0.1, 0.15) is 22.1 Å². The summed E-state index contributed by atoms with van der Waals surface area (Å²) in [5.41, 5.74) is -1.26. The number of nitriles is 1. The van der Waals surface area contributed by atoms with E-state index in [1.54, 1.807) is 32.9 Å². The zero-order valence-electron chi connectivity index (χ0n) is 20.9. The molecule has 0 saturated carbocycles. The van der Waals surface area contributed by atoms with Crippen LogP contribution in [0.1, 0.15) is 26.3 Å². The van der Waals surface area contributed by atoms with Crippen molar-refractivity contribution in [2.45, 2.75) is 30.8 Å². The number of hydrogen-bond acceptors (Lipinski definition) is 9. The summed E-state index contributed by atoms with van der Waals surface area (Å²) in [4.78, 5) is 46.4. The lowest BCUT2D eigenvalue weighted by Gasteiger charge is -2.15. The third kappa shape index (κ3) is 6.00. The van der Waals surface area contributed by atoms with Gasteiger partial charge < -0.3 is 0 Å². The van der Waals surface area contributed by atoms with E-state index in [9.17, 15) is 29.4 Å². The maximum Gasteiger partial charge on any atom is 0.283 e. The molecule has 196 valence electrons. The molecule has 0 fully saturated rings. The fraction of sp³-hybridized carbons (Fsp3) is 0.148. The molecule has 0 amide bonds. The molecule has 0 spiro atoms. The Balaban J connectivity index is 1.95. The Hall–Kier alpha value is -4.47. The maximum absolute atomic E-state index is 13.6. The number of Topliss-reactive ketones (excluding diaryl/α,β-unsaturated/α-hetero) is 1. The van der Waals surface area contributed by atoms with Crippen molar-refractivity contribution in [2.24, 2.45) is 5.41 Å². The number of benzene rings is 2. The van der Waals surface area contributed by atoms with Crippen molar-refractivity contribution < 1.29 is 14.1 Å². The predicted molar refractivity (Wildman–Crippen MR) is 145 cm³/mol. The summed E-state index contributed by atoms with van der Waals surface area (Å²) < 4.78 is 15.0. The topological polar surface area (TPSA) is 132 Å². The molecule has 0 radical (unpaired) electrons. The molecule has 9 nitrogen and oxygen atoms in total. The van der Waals surface area contributed by atoms with Gasteiger partial charge in [-0.3, -0.25) is 24.3 Å². The van der Waals surface area contributed by atoms with E-state index in [1.165, 1.54) is 59.4 Å². The standard InChI is InChI=1S/C27H20FN5O4S2/c1-27(2,3)23(34)19(15-29)25-32(18-8-6-17(28)7-9-18)24(35)22(38-25)14-16-5-10-21(20(13-16)33(36)37)39-26-30-11-4-12-31-26/h4-14H,1-3H3. The van der Waals surface area contributed by atoms with Crippen LogP contribution >= 0.6 is 23.1 Å². The Morgan fingerprint density at radius 2 is 1.85 bits per heavy atom. The first kappa shape index (κ1) is 27.6. The van der Waals surface area contributed by atoms with Gasteiger partial charge in [0.25, 0.3) is 11.2 Å². The summed E-state index contributed by atoms with van der Waals surface area (Å²) in [6.45, 7) is 4.98. The van der Waals surface area contributed by atoms with Crippen LogP contribution in [0.3, 0.4) is 0 Å². The van der Waals surface area contributed by atoms with Crippen LogP contribution in [0, 0.1) is 32.7 Å². The van der Waals surface area contributed by atoms with Gasteiger partial charge in [0.15, 0.2) is 10.9 Å². The summed E-state index contributed by atoms with van der Waals surface area (Å²) in [6.07, 6.45) is 4.51. The molecule has 39 heavy (non-hydrogen) atoms. The largest absolute Gasteiger partial charge is 0.293 e. The van der Waals surface area contributed by atoms with Crippen LogP contribution < -0.4 is 14.8 Å². The number of halogens is 1. The highest BCUT2D eigenvalue weighted by Gasteiger charge is 2.27. The number of rotatable bonds is 6. The lowest BCUT2D eigenvalue weighted by Crippen LogP contribution is -2.33. The minimum Gasteiger partial charge on any atom is -0.293 e. The van der Waals surface area contributed by atoms with Crippen LogP contribution in [0.5, 0.6) is 0 Å². The van der Waals surface area contributed by atoms with Gasteiger partial charge in [0.2, 0.25) is 0 Å². The minimum absolute atomic E-state index is 0.0863. The van der Waals surface area contributed by atoms with Gasteiger partial charge in [-0.2, -0.15) is 5.26 Å². The van der Waals surface area contributed by atoms with Crippen molar-refractivity contribution in [3.05, 3.63) is 102 Å². The van der Waals surface area contributed by atoms with Gasteiger partial charge in [0, 0.05) is 23.9 Å². The molecule has 0 unspecified atom stereocenters. The summed E-state index contributed by atoms with van der Waals surface area (Å²) in [7, 11) is 0. The van der Waals surface area contributed by atoms with Crippen molar-refractivity contribution in [3.8, 4) is 11.8 Å². The Labute approximate surface area is 229 Å². The molecular formula is C27H20FN5O4S2. The predicted octanol–water partition coefficient (Wildman–Crippen LogP) is 4.01. The number of aromatic nitrogens is 3. The van der Waals surface area contributed by atoms with Crippen LogP contribution in [0.2, 0.25) is 0 Å². The molecule has 4 rings (SSSR count). The number of carbonyl (C=O) groups is 1. The Kier molecular flexibility index (Phi) is 7.85. The lowest BCUT2D eigenvalue weighted by atomic mass is 9.87. The number of carbonyl (C=O) groups excluding carboxylic acids is 1. The third-order valence-electron chi connectivity index (χ3n) is 5.36. The van der Waals surface area contributed by atoms with Crippen molar-refractivity contribution >= 4 is 46.2 Å². The van der Waals surface area contributed by atoms with Crippen LogP contribution in [0.25, 0.3) is 17.3 Å². The van der Waals surface area contributed by atoms with Crippen molar-refractivity contribution in [3.63, 3.8) is 0 Å². The summed E-state index contributed by atoms with van der Waals surface area (Å²) >= 11 is 1.93. The monoisotopic (exact) mass is 561 g/mol. The zero-order valence-corrected chi connectivity index (χ0v) is 22.5. The molecule has 0 aliphatic rings. The molecule has 12 heteroatoms. The molecule has 0 saturated heterocycles. The second-order valence-electron chi connectivity index (χ2n) is 9.22. The molecule has 4 aromatic rings. The van der Waals surface area contributed by atoms with E-state index in [4.69, 9.17) is 0 Å². The Morgan fingerprint density at radius 3 is 2.44 bits per heavy atom. The molecular weight excluding hydrogens is 541 g/mol. The van der Waals surface area contributed by atoms with Crippen molar-refractivity contribution in [1.82, 2.24) is 14.5 Å². The summed E-state index contributed by atoms with van der Waals surface area (Å²) in [5, 5.41) is 22.1. The normalized spacial score (nSPS) is 12.6. The van der Waals surface area contributed by atoms with E-state index < -0.39 is 27.5 Å². The zero-order chi connectivity index (χ0) is 28.3. The van der Waals surface area contributed by atoms with Crippen LogP contribution in [-0.2, 0) is 4.79 Å². The Morgan fingerprint density at radius 1 is 1.18 bits per heavy atom. The minimum atomic E-state index is -0.904. The second-order valence-corrected chi connectivity index (χ2v) is 11.3. The average molecular weight is 562 g/mol. The van der Waals surface area contributed by atoms with Crippen molar-refractivity contribution in [1.29, 1.82) is 5.26 Å². The van der Waals surface area contributed by atoms with E-state index in [2.05, 4.69) is 9.97 Å². The van der Waals surface area contributed by atoms with E-state index in [0.29, 0.717) is 15.6 Å².